The van der Waals surface area contributed by atoms with Crippen LogP contribution < -0.4 is 10.0 Å². The first-order valence-electron chi connectivity index (χ1n) is 5.86. The van der Waals surface area contributed by atoms with Gasteiger partial charge in [-0.25, -0.2) is 13.1 Å². The van der Waals surface area contributed by atoms with Crippen LogP contribution in [0.3, 0.4) is 0 Å². The highest BCUT2D eigenvalue weighted by atomic mass is 32.2. The fraction of sp³-hybridized carbons (Fsp3) is 0.500. The summed E-state index contributed by atoms with van der Waals surface area (Å²) in [4.78, 5) is 0. The number of hydrogen-bond acceptors (Lipinski definition) is 3. The lowest BCUT2D eigenvalue weighted by molar-refractivity contribution is 0.576. The molecular formula is C12H20N2O2S. The van der Waals surface area contributed by atoms with Gasteiger partial charge in [-0.05, 0) is 18.5 Å². The van der Waals surface area contributed by atoms with Gasteiger partial charge in [0, 0.05) is 13.1 Å². The van der Waals surface area contributed by atoms with Gasteiger partial charge in [-0.1, -0.05) is 37.3 Å². The van der Waals surface area contributed by atoms with Crippen molar-refractivity contribution in [1.82, 2.24) is 10.0 Å². The summed E-state index contributed by atoms with van der Waals surface area (Å²) in [7, 11) is -3.17. The normalized spacial score (nSPS) is 11.6. The summed E-state index contributed by atoms with van der Waals surface area (Å²) in [6.45, 7) is 3.76. The van der Waals surface area contributed by atoms with E-state index in [-0.39, 0.29) is 5.75 Å². The predicted molar refractivity (Wildman–Crippen MR) is 70.2 cm³/mol. The molecule has 0 saturated heterocycles. The molecule has 0 aliphatic rings. The molecule has 0 saturated carbocycles. The Morgan fingerprint density at radius 2 is 1.82 bits per heavy atom. The highest BCUT2D eigenvalue weighted by Gasteiger charge is 2.08. The zero-order valence-electron chi connectivity index (χ0n) is 10.1. The maximum absolute atomic E-state index is 11.6. The van der Waals surface area contributed by atoms with Crippen LogP contribution in [0.15, 0.2) is 30.3 Å². The van der Waals surface area contributed by atoms with Crippen molar-refractivity contribution in [3.63, 3.8) is 0 Å². The number of nitrogens with one attached hydrogen (secondary N) is 2. The van der Waals surface area contributed by atoms with Crippen LogP contribution >= 0.6 is 0 Å². The minimum atomic E-state index is -3.17. The van der Waals surface area contributed by atoms with Crippen molar-refractivity contribution in [2.45, 2.75) is 19.9 Å². The van der Waals surface area contributed by atoms with Gasteiger partial charge in [0.25, 0.3) is 0 Å². The lowest BCUT2D eigenvalue weighted by Gasteiger charge is -2.07. The molecule has 1 aromatic carbocycles. The van der Waals surface area contributed by atoms with Crippen LogP contribution in [-0.4, -0.2) is 27.3 Å². The Morgan fingerprint density at radius 1 is 1.12 bits per heavy atom. The van der Waals surface area contributed by atoms with Gasteiger partial charge in [0.1, 0.15) is 0 Å². The Kier molecular flexibility index (Phi) is 6.18. The van der Waals surface area contributed by atoms with E-state index in [0.717, 1.165) is 18.5 Å². The summed E-state index contributed by atoms with van der Waals surface area (Å²) in [5.74, 6) is 0.125. The molecule has 5 heteroatoms. The molecule has 17 heavy (non-hydrogen) atoms. The summed E-state index contributed by atoms with van der Waals surface area (Å²) in [5.41, 5.74) is 0.970. The van der Waals surface area contributed by atoms with E-state index < -0.39 is 10.0 Å². The summed E-state index contributed by atoms with van der Waals surface area (Å²) >= 11 is 0. The van der Waals surface area contributed by atoms with Crippen LogP contribution in [0.2, 0.25) is 0 Å². The average Bonchev–Trinajstić information content (AvgIpc) is 2.34. The van der Waals surface area contributed by atoms with Gasteiger partial charge >= 0.3 is 0 Å². The van der Waals surface area contributed by atoms with Crippen LogP contribution in [0, 0.1) is 0 Å². The van der Waals surface area contributed by atoms with E-state index in [4.69, 9.17) is 0 Å². The molecular weight excluding hydrogens is 236 g/mol. The van der Waals surface area contributed by atoms with Crippen LogP contribution in [0.4, 0.5) is 0 Å². The molecule has 0 aliphatic heterocycles. The second kappa shape index (κ2) is 7.42. The Balaban J connectivity index is 2.30. The lowest BCUT2D eigenvalue weighted by Crippen LogP contribution is -2.31. The quantitative estimate of drug-likeness (QED) is 0.685. The molecule has 0 fully saturated rings. The van der Waals surface area contributed by atoms with Crippen molar-refractivity contribution < 1.29 is 8.42 Å². The Hall–Kier alpha value is -0.910. The third-order valence-electron chi connectivity index (χ3n) is 2.31. The Bertz CT molecular complexity index is 404. The molecule has 96 valence electrons. The summed E-state index contributed by atoms with van der Waals surface area (Å²) in [6, 6.07) is 9.50. The van der Waals surface area contributed by atoms with Crippen LogP contribution in [0.1, 0.15) is 18.9 Å². The van der Waals surface area contributed by atoms with E-state index in [0.29, 0.717) is 13.1 Å². The smallest absolute Gasteiger partial charge is 0.213 e. The highest BCUT2D eigenvalue weighted by molar-refractivity contribution is 7.89. The van der Waals surface area contributed by atoms with E-state index in [2.05, 4.69) is 17.0 Å². The van der Waals surface area contributed by atoms with Crippen molar-refractivity contribution in [2.24, 2.45) is 0 Å². The molecule has 0 bridgehead atoms. The first kappa shape index (κ1) is 14.2. The first-order chi connectivity index (χ1) is 8.14. The molecule has 0 heterocycles. The third kappa shape index (κ3) is 6.41. The van der Waals surface area contributed by atoms with E-state index in [9.17, 15) is 8.42 Å². The predicted octanol–water partition coefficient (Wildman–Crippen LogP) is 1.11. The number of hydrogen-bond donors (Lipinski definition) is 2. The number of benzene rings is 1. The van der Waals surface area contributed by atoms with Gasteiger partial charge in [-0.15, -0.1) is 0 Å². The summed E-state index contributed by atoms with van der Waals surface area (Å²) in [5, 5.41) is 3.07. The zero-order valence-corrected chi connectivity index (χ0v) is 11.0. The van der Waals surface area contributed by atoms with Gasteiger partial charge in [0.15, 0.2) is 0 Å². The lowest BCUT2D eigenvalue weighted by atomic mass is 10.2. The van der Waals surface area contributed by atoms with Crippen molar-refractivity contribution in [2.75, 3.05) is 18.8 Å². The van der Waals surface area contributed by atoms with Crippen molar-refractivity contribution in [3.8, 4) is 0 Å². The number of rotatable bonds is 8. The maximum atomic E-state index is 11.6. The minimum Gasteiger partial charge on any atom is -0.316 e. The van der Waals surface area contributed by atoms with E-state index in [1.54, 1.807) is 0 Å². The van der Waals surface area contributed by atoms with Gasteiger partial charge < -0.3 is 5.32 Å². The van der Waals surface area contributed by atoms with Crippen LogP contribution in [0.25, 0.3) is 0 Å². The average molecular weight is 256 g/mol. The summed E-state index contributed by atoms with van der Waals surface area (Å²) in [6.07, 6.45) is 1.01. The molecule has 0 amide bonds. The molecule has 2 N–H and O–H groups in total. The fourth-order valence-corrected chi connectivity index (χ4v) is 2.31. The second-order valence-electron chi connectivity index (χ2n) is 3.88. The molecule has 0 spiro atoms. The van der Waals surface area contributed by atoms with Crippen LogP contribution in [0.5, 0.6) is 0 Å². The molecule has 4 nitrogen and oxygen atoms in total. The van der Waals surface area contributed by atoms with Crippen molar-refractivity contribution >= 4 is 10.0 Å². The van der Waals surface area contributed by atoms with E-state index >= 15 is 0 Å². The second-order valence-corrected chi connectivity index (χ2v) is 5.80. The van der Waals surface area contributed by atoms with Gasteiger partial charge in [-0.3, -0.25) is 0 Å². The van der Waals surface area contributed by atoms with Gasteiger partial charge in [0.05, 0.1) is 5.75 Å². The minimum absolute atomic E-state index is 0.125. The fourth-order valence-electron chi connectivity index (χ4n) is 1.37. The largest absolute Gasteiger partial charge is 0.316 e. The van der Waals surface area contributed by atoms with Gasteiger partial charge in [-0.2, -0.15) is 0 Å². The van der Waals surface area contributed by atoms with E-state index in [1.807, 2.05) is 30.3 Å². The van der Waals surface area contributed by atoms with Crippen LogP contribution in [-0.2, 0) is 16.6 Å². The molecule has 1 aromatic rings. The van der Waals surface area contributed by atoms with Crippen molar-refractivity contribution in [3.05, 3.63) is 35.9 Å². The molecule has 0 atom stereocenters. The van der Waals surface area contributed by atoms with E-state index in [1.165, 1.54) is 0 Å². The maximum Gasteiger partial charge on any atom is 0.213 e. The van der Waals surface area contributed by atoms with Crippen molar-refractivity contribution in [1.29, 1.82) is 0 Å². The van der Waals surface area contributed by atoms with Gasteiger partial charge in [0.2, 0.25) is 10.0 Å². The molecule has 0 radical (unpaired) electrons. The SMILES string of the molecule is CCCNCCS(=O)(=O)NCc1ccccc1. The molecule has 1 rings (SSSR count). The Labute approximate surface area is 103 Å². The standard InChI is InChI=1S/C12H20N2O2S/c1-2-8-13-9-10-17(15,16)14-11-12-6-4-3-5-7-12/h3-7,13-14H,2,8-11H2,1H3. The molecule has 0 aromatic heterocycles. The zero-order chi connectivity index (χ0) is 12.6. The Morgan fingerprint density at radius 3 is 2.47 bits per heavy atom. The highest BCUT2D eigenvalue weighted by Crippen LogP contribution is 1.98. The molecule has 0 unspecified atom stereocenters. The first-order valence-corrected chi connectivity index (χ1v) is 7.51. The number of sulfonamides is 1. The third-order valence-corrected chi connectivity index (χ3v) is 3.64. The summed E-state index contributed by atoms with van der Waals surface area (Å²) < 4.78 is 25.8. The monoisotopic (exact) mass is 256 g/mol. The topological polar surface area (TPSA) is 58.2 Å². The molecule has 0 aliphatic carbocycles.